The lowest BCUT2D eigenvalue weighted by atomic mass is 10.2. The van der Waals surface area contributed by atoms with Gasteiger partial charge in [-0.3, -0.25) is 14.6 Å². The molecule has 0 aliphatic carbocycles. The van der Waals surface area contributed by atoms with Crippen molar-refractivity contribution in [2.24, 2.45) is 0 Å². The second-order valence-electron chi connectivity index (χ2n) is 6.18. The van der Waals surface area contributed by atoms with E-state index in [4.69, 9.17) is 4.74 Å². The van der Waals surface area contributed by atoms with E-state index in [1.165, 1.54) is 43.5 Å². The molecule has 0 saturated heterocycles. The molecule has 1 aromatic heterocycles. The highest BCUT2D eigenvalue weighted by molar-refractivity contribution is 9.10. The van der Waals surface area contributed by atoms with Crippen molar-refractivity contribution in [2.45, 2.75) is 13.0 Å². The van der Waals surface area contributed by atoms with Crippen molar-refractivity contribution < 1.29 is 23.1 Å². The van der Waals surface area contributed by atoms with E-state index in [0.717, 1.165) is 12.1 Å². The molecule has 2 N–H and O–H groups in total. The van der Waals surface area contributed by atoms with Crippen LogP contribution in [0, 0.1) is 11.6 Å². The summed E-state index contributed by atoms with van der Waals surface area (Å²) in [6, 6.07) is 12.2. The summed E-state index contributed by atoms with van der Waals surface area (Å²) in [5.41, 5.74) is 0.408. The van der Waals surface area contributed by atoms with Gasteiger partial charge in [-0.25, -0.2) is 8.78 Å². The molecule has 0 aliphatic heterocycles. The molecule has 3 aromatic rings. The number of nitrogens with one attached hydrogen (secondary N) is 2. The summed E-state index contributed by atoms with van der Waals surface area (Å²) in [7, 11) is 0. The van der Waals surface area contributed by atoms with Crippen LogP contribution in [0.4, 0.5) is 20.2 Å². The van der Waals surface area contributed by atoms with Crippen LogP contribution in [-0.2, 0) is 4.79 Å². The predicted octanol–water partition coefficient (Wildman–Crippen LogP) is 4.78. The number of nitrogens with zero attached hydrogens (tertiary/aromatic N) is 1. The van der Waals surface area contributed by atoms with E-state index < -0.39 is 29.6 Å². The third-order valence-corrected chi connectivity index (χ3v) is 4.57. The molecular weight excluding hydrogens is 460 g/mol. The SMILES string of the molecule is CC(Oc1ccc(F)cc1Br)C(=O)Nc1cc(F)ccc1NC(=O)c1ccccn1. The summed E-state index contributed by atoms with van der Waals surface area (Å²) in [5, 5.41) is 5.12. The first-order valence-electron chi connectivity index (χ1n) is 8.78. The highest BCUT2D eigenvalue weighted by atomic mass is 79.9. The molecule has 3 rings (SSSR count). The molecular formula is C21H16BrF2N3O3. The highest BCUT2D eigenvalue weighted by Crippen LogP contribution is 2.27. The first kappa shape index (κ1) is 21.4. The van der Waals surface area contributed by atoms with Gasteiger partial charge in [0, 0.05) is 6.20 Å². The Morgan fingerprint density at radius 1 is 1.00 bits per heavy atom. The Balaban J connectivity index is 1.74. The Bertz CT molecular complexity index is 1080. The number of carbonyl (C=O) groups excluding carboxylic acids is 2. The van der Waals surface area contributed by atoms with E-state index >= 15 is 0 Å². The fourth-order valence-electron chi connectivity index (χ4n) is 2.46. The fourth-order valence-corrected chi connectivity index (χ4v) is 2.91. The number of ether oxygens (including phenoxy) is 1. The number of anilines is 2. The topological polar surface area (TPSA) is 80.3 Å². The van der Waals surface area contributed by atoms with Crippen LogP contribution in [0.3, 0.4) is 0 Å². The number of carbonyl (C=O) groups is 2. The maximum atomic E-state index is 13.7. The summed E-state index contributed by atoms with van der Waals surface area (Å²) in [6.07, 6.45) is 0.476. The van der Waals surface area contributed by atoms with Crippen LogP contribution in [0.15, 0.2) is 65.3 Å². The second-order valence-corrected chi connectivity index (χ2v) is 7.04. The maximum absolute atomic E-state index is 13.7. The number of halogens is 3. The lowest BCUT2D eigenvalue weighted by molar-refractivity contribution is -0.122. The van der Waals surface area contributed by atoms with Crippen LogP contribution in [0.2, 0.25) is 0 Å². The van der Waals surface area contributed by atoms with Crippen LogP contribution in [-0.4, -0.2) is 22.9 Å². The Kier molecular flexibility index (Phi) is 6.73. The minimum atomic E-state index is -0.991. The number of aromatic nitrogens is 1. The Morgan fingerprint density at radius 3 is 2.43 bits per heavy atom. The van der Waals surface area contributed by atoms with Gasteiger partial charge in [-0.05, 0) is 71.4 Å². The molecule has 1 unspecified atom stereocenters. The molecule has 0 saturated carbocycles. The van der Waals surface area contributed by atoms with Gasteiger partial charge in [-0.15, -0.1) is 0 Å². The van der Waals surface area contributed by atoms with Crippen molar-refractivity contribution >= 4 is 39.1 Å². The van der Waals surface area contributed by atoms with Gasteiger partial charge in [0.05, 0.1) is 15.8 Å². The largest absolute Gasteiger partial charge is 0.480 e. The van der Waals surface area contributed by atoms with Crippen LogP contribution in [0.1, 0.15) is 17.4 Å². The fraction of sp³-hybridized carbons (Fsp3) is 0.0952. The minimum absolute atomic E-state index is 0.0536. The molecule has 2 amide bonds. The van der Waals surface area contributed by atoms with Gasteiger partial charge in [0.1, 0.15) is 23.1 Å². The number of hydrogen-bond acceptors (Lipinski definition) is 4. The molecule has 9 heteroatoms. The maximum Gasteiger partial charge on any atom is 0.274 e. The van der Waals surface area contributed by atoms with Gasteiger partial charge >= 0.3 is 0 Å². The van der Waals surface area contributed by atoms with Gasteiger partial charge in [-0.1, -0.05) is 6.07 Å². The van der Waals surface area contributed by atoms with Gasteiger partial charge in [0.25, 0.3) is 11.8 Å². The van der Waals surface area contributed by atoms with Gasteiger partial charge in [0.15, 0.2) is 6.10 Å². The normalized spacial score (nSPS) is 11.5. The predicted molar refractivity (Wildman–Crippen MR) is 111 cm³/mol. The third-order valence-electron chi connectivity index (χ3n) is 3.95. The van der Waals surface area contributed by atoms with E-state index in [2.05, 4.69) is 31.5 Å². The number of amides is 2. The summed E-state index contributed by atoms with van der Waals surface area (Å²) in [5.74, 6) is -1.90. The molecule has 1 atom stereocenters. The number of benzene rings is 2. The first-order valence-corrected chi connectivity index (χ1v) is 9.57. The molecule has 154 valence electrons. The number of hydrogen-bond donors (Lipinski definition) is 2. The molecule has 0 spiro atoms. The molecule has 30 heavy (non-hydrogen) atoms. The Labute approximate surface area is 179 Å². The average molecular weight is 476 g/mol. The zero-order valence-corrected chi connectivity index (χ0v) is 17.2. The van der Waals surface area contributed by atoms with Crippen LogP contribution >= 0.6 is 15.9 Å². The molecule has 1 heterocycles. The second kappa shape index (κ2) is 9.45. The van der Waals surface area contributed by atoms with E-state index in [0.29, 0.717) is 4.47 Å². The van der Waals surface area contributed by atoms with E-state index in [1.807, 2.05) is 0 Å². The van der Waals surface area contributed by atoms with Gasteiger partial charge in [-0.2, -0.15) is 0 Å². The summed E-state index contributed by atoms with van der Waals surface area (Å²) >= 11 is 3.16. The molecule has 0 radical (unpaired) electrons. The van der Waals surface area contributed by atoms with Crippen molar-refractivity contribution in [1.82, 2.24) is 4.98 Å². The van der Waals surface area contributed by atoms with E-state index in [-0.39, 0.29) is 22.8 Å². The Hall–Kier alpha value is -3.33. The van der Waals surface area contributed by atoms with Gasteiger partial charge < -0.3 is 15.4 Å². The van der Waals surface area contributed by atoms with Crippen molar-refractivity contribution in [2.75, 3.05) is 10.6 Å². The van der Waals surface area contributed by atoms with Crippen molar-refractivity contribution in [3.05, 3.63) is 82.6 Å². The first-order chi connectivity index (χ1) is 14.3. The average Bonchev–Trinajstić information content (AvgIpc) is 2.72. The summed E-state index contributed by atoms with van der Waals surface area (Å²) in [4.78, 5) is 28.8. The minimum Gasteiger partial charge on any atom is -0.480 e. The summed E-state index contributed by atoms with van der Waals surface area (Å²) in [6.45, 7) is 1.48. The molecule has 0 aliphatic rings. The monoisotopic (exact) mass is 475 g/mol. The lowest BCUT2D eigenvalue weighted by Gasteiger charge is -2.17. The lowest BCUT2D eigenvalue weighted by Crippen LogP contribution is -2.30. The molecule has 2 aromatic carbocycles. The quantitative estimate of drug-likeness (QED) is 0.537. The van der Waals surface area contributed by atoms with Crippen molar-refractivity contribution in [1.29, 1.82) is 0 Å². The van der Waals surface area contributed by atoms with Crippen molar-refractivity contribution in [3.8, 4) is 5.75 Å². The van der Waals surface area contributed by atoms with Gasteiger partial charge in [0.2, 0.25) is 0 Å². The molecule has 0 fully saturated rings. The zero-order chi connectivity index (χ0) is 21.7. The van der Waals surface area contributed by atoms with Crippen LogP contribution in [0.5, 0.6) is 5.75 Å². The van der Waals surface area contributed by atoms with Crippen LogP contribution < -0.4 is 15.4 Å². The zero-order valence-electron chi connectivity index (χ0n) is 15.7. The highest BCUT2D eigenvalue weighted by Gasteiger charge is 2.19. The smallest absolute Gasteiger partial charge is 0.274 e. The molecule has 6 nitrogen and oxygen atoms in total. The van der Waals surface area contributed by atoms with E-state index in [9.17, 15) is 18.4 Å². The third kappa shape index (κ3) is 5.38. The standard InChI is InChI=1S/C21H16BrF2N3O3/c1-12(30-19-8-6-13(23)10-15(19)22)20(28)27-18-11-14(24)5-7-16(18)26-21(29)17-4-2-3-9-25-17/h2-12H,1H3,(H,26,29)(H,27,28). The van der Waals surface area contributed by atoms with Crippen LogP contribution in [0.25, 0.3) is 0 Å². The number of rotatable bonds is 6. The Morgan fingerprint density at radius 2 is 1.73 bits per heavy atom. The van der Waals surface area contributed by atoms with E-state index in [1.54, 1.807) is 12.1 Å². The number of pyridine rings is 1. The van der Waals surface area contributed by atoms with Crippen molar-refractivity contribution in [3.63, 3.8) is 0 Å². The molecule has 0 bridgehead atoms. The summed E-state index contributed by atoms with van der Waals surface area (Å²) < 4.78 is 32.8.